The van der Waals surface area contributed by atoms with Crippen molar-refractivity contribution in [3.8, 4) is 11.4 Å². The summed E-state index contributed by atoms with van der Waals surface area (Å²) in [6, 6.07) is 19.1. The Labute approximate surface area is 206 Å². The van der Waals surface area contributed by atoms with Gasteiger partial charge >= 0.3 is 0 Å². The van der Waals surface area contributed by atoms with Gasteiger partial charge in [0.1, 0.15) is 11.5 Å². The van der Waals surface area contributed by atoms with E-state index in [1.807, 2.05) is 67.6 Å². The lowest BCUT2D eigenvalue weighted by molar-refractivity contribution is 0.0935. The quantitative estimate of drug-likeness (QED) is 0.265. The second kappa shape index (κ2) is 8.95. The van der Waals surface area contributed by atoms with Crippen LogP contribution in [0, 0.1) is 0 Å². The number of benzene rings is 2. The van der Waals surface area contributed by atoms with Gasteiger partial charge in [-0.1, -0.05) is 12.1 Å². The Morgan fingerprint density at radius 2 is 1.81 bits per heavy atom. The van der Waals surface area contributed by atoms with Gasteiger partial charge in [-0.15, -0.1) is 0 Å². The molecule has 6 rings (SSSR count). The monoisotopic (exact) mass is 474 g/mol. The summed E-state index contributed by atoms with van der Waals surface area (Å²) in [5.41, 5.74) is 5.05. The minimum absolute atomic E-state index is 0.139. The molecular formula is C27H22N8O. The number of carbonyl (C=O) groups is 1. The zero-order valence-electron chi connectivity index (χ0n) is 19.4. The highest BCUT2D eigenvalue weighted by molar-refractivity contribution is 5.99. The van der Waals surface area contributed by atoms with E-state index in [2.05, 4.69) is 40.8 Å². The third-order valence-electron chi connectivity index (χ3n) is 6.05. The van der Waals surface area contributed by atoms with Crippen LogP contribution in [0.4, 0.5) is 11.5 Å². The van der Waals surface area contributed by atoms with Gasteiger partial charge in [0.05, 0.1) is 17.8 Å². The Morgan fingerprint density at radius 1 is 0.917 bits per heavy atom. The number of aromatic amines is 2. The highest BCUT2D eigenvalue weighted by Crippen LogP contribution is 2.25. The molecule has 2 aromatic carbocycles. The lowest BCUT2D eigenvalue weighted by Gasteiger charge is -2.13. The van der Waals surface area contributed by atoms with Crippen LogP contribution in [-0.4, -0.2) is 36.0 Å². The van der Waals surface area contributed by atoms with Crippen molar-refractivity contribution in [2.24, 2.45) is 0 Å². The van der Waals surface area contributed by atoms with Crippen LogP contribution in [0.3, 0.4) is 0 Å². The van der Waals surface area contributed by atoms with Gasteiger partial charge in [-0.25, -0.2) is 9.97 Å². The Morgan fingerprint density at radius 3 is 2.69 bits per heavy atom. The molecule has 36 heavy (non-hydrogen) atoms. The summed E-state index contributed by atoms with van der Waals surface area (Å²) in [6.45, 7) is 1.94. The van der Waals surface area contributed by atoms with Crippen LogP contribution in [0.5, 0.6) is 0 Å². The van der Waals surface area contributed by atoms with Gasteiger partial charge in [0.15, 0.2) is 5.82 Å². The fourth-order valence-electron chi connectivity index (χ4n) is 4.13. The van der Waals surface area contributed by atoms with Gasteiger partial charge in [0.2, 0.25) is 0 Å². The number of hydrogen-bond donors (Lipinski definition) is 4. The molecule has 0 saturated heterocycles. The molecule has 4 aromatic heterocycles. The zero-order chi connectivity index (χ0) is 24.5. The molecule has 0 bridgehead atoms. The maximum atomic E-state index is 12.8. The number of anilines is 2. The molecule has 0 fully saturated rings. The van der Waals surface area contributed by atoms with Gasteiger partial charge in [-0.05, 0) is 61.0 Å². The molecular weight excluding hydrogens is 452 g/mol. The van der Waals surface area contributed by atoms with Crippen molar-refractivity contribution in [3.05, 3.63) is 96.7 Å². The molecule has 0 aliphatic rings. The van der Waals surface area contributed by atoms with Crippen LogP contribution in [0.15, 0.2) is 85.5 Å². The van der Waals surface area contributed by atoms with Crippen molar-refractivity contribution in [1.29, 1.82) is 0 Å². The molecule has 0 saturated carbocycles. The smallest absolute Gasteiger partial charge is 0.268 e. The predicted octanol–water partition coefficient (Wildman–Crippen LogP) is 5.13. The molecule has 0 radical (unpaired) electrons. The van der Waals surface area contributed by atoms with E-state index in [-0.39, 0.29) is 11.9 Å². The molecule has 0 aliphatic carbocycles. The number of hydrogen-bond acceptors (Lipinski definition) is 6. The highest BCUT2D eigenvalue weighted by Gasteiger charge is 2.14. The Hall–Kier alpha value is -5.05. The molecule has 4 heterocycles. The molecule has 0 unspecified atom stereocenters. The maximum absolute atomic E-state index is 12.8. The Bertz CT molecular complexity index is 1690. The number of fused-ring (bicyclic) bond motifs is 2. The lowest BCUT2D eigenvalue weighted by atomic mass is 10.1. The van der Waals surface area contributed by atoms with Crippen molar-refractivity contribution >= 4 is 39.2 Å². The summed E-state index contributed by atoms with van der Waals surface area (Å²) in [5, 5.41) is 15.3. The summed E-state index contributed by atoms with van der Waals surface area (Å²) < 4.78 is 0. The van der Waals surface area contributed by atoms with Gasteiger partial charge < -0.3 is 15.6 Å². The number of nitrogens with zero attached hydrogens (tertiary/aromatic N) is 4. The average molecular weight is 475 g/mol. The van der Waals surface area contributed by atoms with E-state index in [0.29, 0.717) is 17.3 Å². The van der Waals surface area contributed by atoms with Crippen LogP contribution < -0.4 is 10.6 Å². The third-order valence-corrected chi connectivity index (χ3v) is 6.05. The van der Waals surface area contributed by atoms with Crippen molar-refractivity contribution in [2.45, 2.75) is 13.0 Å². The minimum atomic E-state index is -0.172. The summed E-state index contributed by atoms with van der Waals surface area (Å²) in [6.07, 6.45) is 6.94. The standard InChI is InChI=1S/C27H22N8O/c1-16(17-6-9-28-10-7-17)31-27(36)24-13-18-2-3-19(14-23(18)33-24)26-29-11-8-25(34-26)32-21-4-5-22-20(12-21)15-30-35-22/h2-16,33H,1H3,(H,30,35)(H,31,36)(H,29,32,34)/t16-/m1/s1. The molecule has 9 heteroatoms. The predicted molar refractivity (Wildman–Crippen MR) is 139 cm³/mol. The van der Waals surface area contributed by atoms with Gasteiger partial charge in [-0.2, -0.15) is 5.10 Å². The fraction of sp³-hybridized carbons (Fsp3) is 0.0741. The number of rotatable bonds is 6. The molecule has 0 aliphatic heterocycles. The summed E-state index contributed by atoms with van der Waals surface area (Å²) in [7, 11) is 0. The summed E-state index contributed by atoms with van der Waals surface area (Å²) >= 11 is 0. The van der Waals surface area contributed by atoms with E-state index in [9.17, 15) is 4.79 Å². The van der Waals surface area contributed by atoms with E-state index in [0.717, 1.165) is 38.6 Å². The lowest BCUT2D eigenvalue weighted by Crippen LogP contribution is -2.26. The first-order valence-electron chi connectivity index (χ1n) is 11.5. The van der Waals surface area contributed by atoms with Crippen molar-refractivity contribution in [3.63, 3.8) is 0 Å². The number of pyridine rings is 1. The fourth-order valence-corrected chi connectivity index (χ4v) is 4.13. The zero-order valence-corrected chi connectivity index (χ0v) is 19.4. The van der Waals surface area contributed by atoms with Crippen LogP contribution in [0.1, 0.15) is 29.0 Å². The number of carbonyl (C=O) groups excluding carboxylic acids is 1. The number of aromatic nitrogens is 6. The van der Waals surface area contributed by atoms with Crippen molar-refractivity contribution < 1.29 is 4.79 Å². The summed E-state index contributed by atoms with van der Waals surface area (Å²) in [4.78, 5) is 29.2. The first kappa shape index (κ1) is 21.5. The van der Waals surface area contributed by atoms with E-state index >= 15 is 0 Å². The molecule has 1 atom stereocenters. The molecule has 9 nitrogen and oxygen atoms in total. The number of nitrogens with one attached hydrogen (secondary N) is 4. The van der Waals surface area contributed by atoms with E-state index in [1.54, 1.807) is 24.8 Å². The molecule has 6 aromatic rings. The maximum Gasteiger partial charge on any atom is 0.268 e. The van der Waals surface area contributed by atoms with Crippen LogP contribution in [0.25, 0.3) is 33.2 Å². The van der Waals surface area contributed by atoms with E-state index < -0.39 is 0 Å². The third kappa shape index (κ3) is 4.25. The average Bonchev–Trinajstić information content (AvgIpc) is 3.55. The molecule has 176 valence electrons. The van der Waals surface area contributed by atoms with Crippen molar-refractivity contribution in [1.82, 2.24) is 35.5 Å². The van der Waals surface area contributed by atoms with Gasteiger partial charge in [0.25, 0.3) is 5.91 Å². The first-order valence-corrected chi connectivity index (χ1v) is 11.5. The topological polar surface area (TPSA) is 124 Å². The van der Waals surface area contributed by atoms with E-state index in [4.69, 9.17) is 0 Å². The molecule has 4 N–H and O–H groups in total. The number of H-pyrrole nitrogens is 2. The molecule has 0 spiro atoms. The van der Waals surface area contributed by atoms with Gasteiger partial charge in [-0.3, -0.25) is 14.9 Å². The van der Waals surface area contributed by atoms with Crippen LogP contribution in [0.2, 0.25) is 0 Å². The van der Waals surface area contributed by atoms with Crippen LogP contribution in [-0.2, 0) is 0 Å². The molecule has 1 amide bonds. The SMILES string of the molecule is C[C@@H](NC(=O)c1cc2ccc(-c3nccc(Nc4ccc5[nH]ncc5c4)n3)cc2[nH]1)c1ccncc1. The second-order valence-corrected chi connectivity index (χ2v) is 8.52. The van der Waals surface area contributed by atoms with Crippen LogP contribution >= 0.6 is 0 Å². The largest absolute Gasteiger partial charge is 0.351 e. The van der Waals surface area contributed by atoms with Gasteiger partial charge in [0, 0.05) is 46.1 Å². The number of amides is 1. The Balaban J connectivity index is 1.22. The van der Waals surface area contributed by atoms with Crippen molar-refractivity contribution in [2.75, 3.05) is 5.32 Å². The minimum Gasteiger partial charge on any atom is -0.351 e. The van der Waals surface area contributed by atoms with E-state index in [1.165, 1.54) is 0 Å². The highest BCUT2D eigenvalue weighted by atomic mass is 16.1. The first-order chi connectivity index (χ1) is 17.6. The second-order valence-electron chi connectivity index (χ2n) is 8.52. The Kier molecular flexibility index (Phi) is 5.34. The normalized spacial score (nSPS) is 12.0. The summed E-state index contributed by atoms with van der Waals surface area (Å²) in [5.74, 6) is 1.09.